The molecule has 2 aromatic heterocycles. The van der Waals surface area contributed by atoms with Crippen LogP contribution >= 0.6 is 22.7 Å². The highest BCUT2D eigenvalue weighted by atomic mass is 32.1. The fourth-order valence-electron chi connectivity index (χ4n) is 2.08. The molecule has 3 aromatic rings. The third-order valence-corrected chi connectivity index (χ3v) is 5.30. The fourth-order valence-corrected chi connectivity index (χ4v) is 3.75. The Bertz CT molecular complexity index is 818. The predicted octanol–water partition coefficient (Wildman–Crippen LogP) is 4.83. The number of carbonyl (C=O) groups excluding carboxylic acids is 1. The molecule has 0 saturated heterocycles. The molecule has 4 nitrogen and oxygen atoms in total. The fraction of sp³-hybridized carbons (Fsp3) is 0.188. The minimum Gasteiger partial charge on any atom is -0.332 e. The molecule has 0 aliphatic rings. The summed E-state index contributed by atoms with van der Waals surface area (Å²) in [5.74, 6) is 0.0682. The van der Waals surface area contributed by atoms with Gasteiger partial charge >= 0.3 is 0 Å². The summed E-state index contributed by atoms with van der Waals surface area (Å²) < 4.78 is 0. The second-order valence-electron chi connectivity index (χ2n) is 4.99. The Morgan fingerprint density at radius 2 is 1.86 bits per heavy atom. The van der Waals surface area contributed by atoms with Crippen molar-refractivity contribution in [2.24, 2.45) is 0 Å². The van der Waals surface area contributed by atoms with Crippen LogP contribution in [0.4, 0.5) is 10.8 Å². The van der Waals surface area contributed by atoms with E-state index in [-0.39, 0.29) is 5.78 Å². The van der Waals surface area contributed by atoms with Crippen LogP contribution in [0.2, 0.25) is 0 Å². The number of thiazole rings is 2. The Kier molecular flexibility index (Phi) is 4.04. The molecule has 0 saturated carbocycles. The maximum absolute atomic E-state index is 11.5. The number of Topliss-reactive ketones (excluding diaryl/α,β-unsaturated/α-hetero) is 1. The first-order chi connectivity index (χ1) is 10.5. The van der Waals surface area contributed by atoms with Crippen molar-refractivity contribution < 1.29 is 4.79 Å². The van der Waals surface area contributed by atoms with E-state index >= 15 is 0 Å². The lowest BCUT2D eigenvalue weighted by Gasteiger charge is -2.03. The van der Waals surface area contributed by atoms with Crippen molar-refractivity contribution in [3.05, 3.63) is 45.9 Å². The molecule has 0 spiro atoms. The molecular weight excluding hydrogens is 314 g/mol. The second kappa shape index (κ2) is 5.98. The van der Waals surface area contributed by atoms with E-state index in [2.05, 4.69) is 15.3 Å². The zero-order chi connectivity index (χ0) is 15.7. The molecule has 1 aromatic carbocycles. The van der Waals surface area contributed by atoms with Crippen LogP contribution in [-0.2, 0) is 0 Å². The van der Waals surface area contributed by atoms with Crippen molar-refractivity contribution in [2.45, 2.75) is 20.8 Å². The molecule has 6 heteroatoms. The minimum absolute atomic E-state index is 0.0682. The van der Waals surface area contributed by atoms with E-state index in [1.807, 2.05) is 43.5 Å². The number of nitrogens with zero attached hydrogens (tertiary/aromatic N) is 2. The van der Waals surface area contributed by atoms with Gasteiger partial charge in [0.25, 0.3) is 0 Å². The number of aryl methyl sites for hydroxylation is 2. The number of hydrogen-bond donors (Lipinski definition) is 1. The Hall–Kier alpha value is -2.05. The highest BCUT2D eigenvalue weighted by Gasteiger charge is 2.12. The maximum atomic E-state index is 11.5. The Morgan fingerprint density at radius 1 is 1.14 bits per heavy atom. The molecule has 0 atom stereocenters. The van der Waals surface area contributed by atoms with Gasteiger partial charge in [-0.15, -0.1) is 22.7 Å². The van der Waals surface area contributed by atoms with Crippen LogP contribution in [0.3, 0.4) is 0 Å². The van der Waals surface area contributed by atoms with Crippen LogP contribution in [0.5, 0.6) is 0 Å². The molecular formula is C16H15N3OS2. The Labute approximate surface area is 136 Å². The van der Waals surface area contributed by atoms with Gasteiger partial charge in [0, 0.05) is 23.6 Å². The van der Waals surface area contributed by atoms with Crippen LogP contribution in [0.25, 0.3) is 10.6 Å². The third-order valence-electron chi connectivity index (χ3n) is 3.12. The van der Waals surface area contributed by atoms with Crippen LogP contribution in [0, 0.1) is 13.8 Å². The van der Waals surface area contributed by atoms with Gasteiger partial charge in [-0.1, -0.05) is 0 Å². The van der Waals surface area contributed by atoms with Crippen molar-refractivity contribution >= 4 is 39.3 Å². The van der Waals surface area contributed by atoms with E-state index in [0.717, 1.165) is 37.7 Å². The zero-order valence-electron chi connectivity index (χ0n) is 12.5. The van der Waals surface area contributed by atoms with E-state index in [9.17, 15) is 4.79 Å². The van der Waals surface area contributed by atoms with Crippen molar-refractivity contribution in [3.63, 3.8) is 0 Å². The van der Waals surface area contributed by atoms with E-state index in [0.29, 0.717) is 0 Å². The monoisotopic (exact) mass is 329 g/mol. The van der Waals surface area contributed by atoms with E-state index in [1.165, 1.54) is 11.3 Å². The molecule has 0 aliphatic carbocycles. The molecule has 112 valence electrons. The van der Waals surface area contributed by atoms with Crippen LogP contribution in [0.15, 0.2) is 29.6 Å². The molecule has 2 heterocycles. The summed E-state index contributed by atoms with van der Waals surface area (Å²) >= 11 is 3.03. The first-order valence-corrected chi connectivity index (χ1v) is 8.50. The second-order valence-corrected chi connectivity index (χ2v) is 6.84. The van der Waals surface area contributed by atoms with Gasteiger partial charge in [-0.2, -0.15) is 0 Å². The lowest BCUT2D eigenvalue weighted by atomic mass is 10.2. The summed E-state index contributed by atoms with van der Waals surface area (Å²) in [5, 5.41) is 7.04. The number of anilines is 2. The minimum atomic E-state index is 0.0682. The highest BCUT2D eigenvalue weighted by Crippen LogP contribution is 2.30. The molecule has 22 heavy (non-hydrogen) atoms. The van der Waals surface area contributed by atoms with Gasteiger partial charge in [-0.05, 0) is 38.1 Å². The van der Waals surface area contributed by atoms with Crippen molar-refractivity contribution in [1.82, 2.24) is 9.97 Å². The lowest BCUT2D eigenvalue weighted by Crippen LogP contribution is -1.89. The standard InChI is InChI=1S/C16H15N3OS2/c1-9-8-21-16(17-9)19-13-6-4-12(5-7-13)15-18-10(2)14(22-15)11(3)20/h4-8H,1-3H3,(H,17,19). The largest absolute Gasteiger partial charge is 0.332 e. The first-order valence-electron chi connectivity index (χ1n) is 6.81. The molecule has 0 aliphatic heterocycles. The third kappa shape index (κ3) is 3.08. The van der Waals surface area contributed by atoms with Gasteiger partial charge in [-0.25, -0.2) is 9.97 Å². The highest BCUT2D eigenvalue weighted by molar-refractivity contribution is 7.17. The zero-order valence-corrected chi connectivity index (χ0v) is 14.1. The van der Waals surface area contributed by atoms with Gasteiger partial charge in [-0.3, -0.25) is 4.79 Å². The SMILES string of the molecule is CC(=O)c1sc(-c2ccc(Nc3nc(C)cs3)cc2)nc1C. The number of hydrogen-bond acceptors (Lipinski definition) is 6. The van der Waals surface area contributed by atoms with Crippen LogP contribution in [0.1, 0.15) is 28.0 Å². The first kappa shape index (κ1) is 14.9. The topological polar surface area (TPSA) is 54.9 Å². The Balaban J connectivity index is 1.82. The molecule has 3 rings (SSSR count). The normalized spacial score (nSPS) is 10.7. The Morgan fingerprint density at radius 3 is 2.41 bits per heavy atom. The van der Waals surface area contributed by atoms with Crippen molar-refractivity contribution in [3.8, 4) is 10.6 Å². The summed E-state index contributed by atoms with van der Waals surface area (Å²) in [6.45, 7) is 5.42. The van der Waals surface area contributed by atoms with Gasteiger partial charge in [0.05, 0.1) is 16.3 Å². The summed E-state index contributed by atoms with van der Waals surface area (Å²) in [7, 11) is 0. The molecule has 0 fully saturated rings. The average molecular weight is 329 g/mol. The van der Waals surface area contributed by atoms with Crippen molar-refractivity contribution in [1.29, 1.82) is 0 Å². The maximum Gasteiger partial charge on any atom is 0.187 e. The molecule has 0 amide bonds. The lowest BCUT2D eigenvalue weighted by molar-refractivity contribution is 0.102. The molecule has 1 N–H and O–H groups in total. The number of aromatic nitrogens is 2. The van der Waals surface area contributed by atoms with Crippen LogP contribution in [-0.4, -0.2) is 15.8 Å². The van der Waals surface area contributed by atoms with Gasteiger partial charge < -0.3 is 5.32 Å². The molecule has 0 radical (unpaired) electrons. The quantitative estimate of drug-likeness (QED) is 0.697. The van der Waals surface area contributed by atoms with E-state index in [4.69, 9.17) is 0 Å². The molecule has 0 unspecified atom stereocenters. The number of carbonyl (C=O) groups is 1. The van der Waals surface area contributed by atoms with Crippen LogP contribution < -0.4 is 5.32 Å². The van der Waals surface area contributed by atoms with Gasteiger partial charge in [0.2, 0.25) is 0 Å². The van der Waals surface area contributed by atoms with Gasteiger partial charge in [0.15, 0.2) is 10.9 Å². The van der Waals surface area contributed by atoms with Gasteiger partial charge in [0.1, 0.15) is 5.01 Å². The average Bonchev–Trinajstić information content (AvgIpc) is 3.06. The summed E-state index contributed by atoms with van der Waals surface area (Å²) in [6.07, 6.45) is 0. The number of benzene rings is 1. The number of nitrogens with one attached hydrogen (secondary N) is 1. The summed E-state index contributed by atoms with van der Waals surface area (Å²) in [4.78, 5) is 21.1. The smallest absolute Gasteiger partial charge is 0.187 e. The number of rotatable bonds is 4. The predicted molar refractivity (Wildman–Crippen MR) is 92.4 cm³/mol. The number of ketones is 1. The summed E-state index contributed by atoms with van der Waals surface area (Å²) in [6, 6.07) is 8.00. The van der Waals surface area contributed by atoms with E-state index in [1.54, 1.807) is 18.3 Å². The van der Waals surface area contributed by atoms with Crippen molar-refractivity contribution in [2.75, 3.05) is 5.32 Å². The molecule has 0 bridgehead atoms. The summed E-state index contributed by atoms with van der Waals surface area (Å²) in [5.41, 5.74) is 3.81. The van der Waals surface area contributed by atoms with E-state index < -0.39 is 0 Å².